The van der Waals surface area contributed by atoms with Gasteiger partial charge in [0.2, 0.25) is 0 Å². The van der Waals surface area contributed by atoms with Crippen LogP contribution in [0.4, 0.5) is 0 Å². The minimum atomic E-state index is 0.786. The quantitative estimate of drug-likeness (QED) is 0.415. The van der Waals surface area contributed by atoms with Crippen LogP contribution in [0, 0.1) is 0 Å². The summed E-state index contributed by atoms with van der Waals surface area (Å²) < 4.78 is 0. The van der Waals surface area contributed by atoms with E-state index in [-0.39, 0.29) is 0 Å². The van der Waals surface area contributed by atoms with Gasteiger partial charge < -0.3 is 4.98 Å². The second-order valence-corrected chi connectivity index (χ2v) is 7.38. The maximum atomic E-state index is 4.81. The highest BCUT2D eigenvalue weighted by molar-refractivity contribution is 7.13. The van der Waals surface area contributed by atoms with Crippen LogP contribution in [0.5, 0.6) is 0 Å². The van der Waals surface area contributed by atoms with E-state index < -0.39 is 0 Å². The highest BCUT2D eigenvalue weighted by Crippen LogP contribution is 2.34. The Morgan fingerprint density at radius 1 is 1.00 bits per heavy atom. The number of aromatic amines is 3. The maximum Gasteiger partial charge on any atom is 0.135 e. The van der Waals surface area contributed by atoms with E-state index in [0.29, 0.717) is 0 Å². The molecule has 6 rings (SSSR count). The van der Waals surface area contributed by atoms with Crippen molar-refractivity contribution >= 4 is 33.3 Å². The predicted molar refractivity (Wildman–Crippen MR) is 110 cm³/mol. The summed E-state index contributed by atoms with van der Waals surface area (Å²) in [4.78, 5) is 14.0. The van der Waals surface area contributed by atoms with Crippen molar-refractivity contribution in [3.8, 4) is 33.2 Å². The average molecular weight is 383 g/mol. The Bertz CT molecular complexity index is 1410. The molecule has 8 heteroatoms. The van der Waals surface area contributed by atoms with E-state index in [9.17, 15) is 0 Å². The predicted octanol–water partition coefficient (Wildman–Crippen LogP) is 4.62. The van der Waals surface area contributed by atoms with Gasteiger partial charge >= 0.3 is 0 Å². The van der Waals surface area contributed by atoms with Gasteiger partial charge in [0, 0.05) is 28.9 Å². The number of pyridine rings is 2. The van der Waals surface area contributed by atoms with Gasteiger partial charge in [-0.15, -0.1) is 11.3 Å². The van der Waals surface area contributed by atoms with Crippen LogP contribution in [0.2, 0.25) is 0 Å². The number of nitrogens with zero attached hydrogens (tertiary/aromatic N) is 4. The Balaban J connectivity index is 1.55. The van der Waals surface area contributed by atoms with Crippen molar-refractivity contribution < 1.29 is 0 Å². The molecule has 0 spiro atoms. The molecule has 0 aliphatic rings. The van der Waals surface area contributed by atoms with Gasteiger partial charge in [-0.3, -0.25) is 15.2 Å². The zero-order chi connectivity index (χ0) is 18.5. The van der Waals surface area contributed by atoms with Crippen molar-refractivity contribution in [1.82, 2.24) is 35.3 Å². The first-order chi connectivity index (χ1) is 13.9. The Hall–Kier alpha value is -3.78. The van der Waals surface area contributed by atoms with Crippen molar-refractivity contribution in [3.05, 3.63) is 60.4 Å². The SMILES string of the molecule is c1csc(-c2nccc3[nH]c(-c4n[nH]c5ccc(-c6cn[nH]c6)nc45)cc23)c1. The van der Waals surface area contributed by atoms with Crippen molar-refractivity contribution in [2.24, 2.45) is 0 Å². The van der Waals surface area contributed by atoms with Crippen LogP contribution < -0.4 is 0 Å². The molecule has 0 aliphatic heterocycles. The number of nitrogens with one attached hydrogen (secondary N) is 3. The van der Waals surface area contributed by atoms with E-state index in [1.54, 1.807) is 17.5 Å². The van der Waals surface area contributed by atoms with Crippen LogP contribution in [0.1, 0.15) is 0 Å². The largest absolute Gasteiger partial charge is 0.353 e. The van der Waals surface area contributed by atoms with Crippen LogP contribution >= 0.6 is 11.3 Å². The molecule has 0 aliphatic carbocycles. The van der Waals surface area contributed by atoms with Crippen LogP contribution in [-0.2, 0) is 0 Å². The summed E-state index contributed by atoms with van der Waals surface area (Å²) in [6.07, 6.45) is 5.42. The van der Waals surface area contributed by atoms with Crippen LogP contribution in [0.15, 0.2) is 60.4 Å². The highest BCUT2D eigenvalue weighted by Gasteiger charge is 2.16. The summed E-state index contributed by atoms with van der Waals surface area (Å²) in [5.41, 5.74) is 7.18. The topological polar surface area (TPSA) is 98.9 Å². The lowest BCUT2D eigenvalue weighted by Crippen LogP contribution is -1.84. The molecule has 134 valence electrons. The van der Waals surface area contributed by atoms with Gasteiger partial charge in [0.1, 0.15) is 11.2 Å². The summed E-state index contributed by atoms with van der Waals surface area (Å²) >= 11 is 1.68. The molecule has 0 aromatic carbocycles. The minimum Gasteiger partial charge on any atom is -0.353 e. The average Bonchev–Trinajstić information content (AvgIpc) is 3.53. The Kier molecular flexibility index (Phi) is 3.20. The second-order valence-electron chi connectivity index (χ2n) is 6.43. The molecular formula is C20H13N7S. The highest BCUT2D eigenvalue weighted by atomic mass is 32.1. The van der Waals surface area contributed by atoms with Crippen LogP contribution in [0.3, 0.4) is 0 Å². The molecule has 0 saturated heterocycles. The molecular weight excluding hydrogens is 370 g/mol. The Morgan fingerprint density at radius 2 is 2.00 bits per heavy atom. The van der Waals surface area contributed by atoms with Crippen molar-refractivity contribution in [3.63, 3.8) is 0 Å². The lowest BCUT2D eigenvalue weighted by atomic mass is 10.1. The Morgan fingerprint density at radius 3 is 2.86 bits per heavy atom. The van der Waals surface area contributed by atoms with Gasteiger partial charge in [0.15, 0.2) is 0 Å². The van der Waals surface area contributed by atoms with E-state index in [1.165, 1.54) is 0 Å². The summed E-state index contributed by atoms with van der Waals surface area (Å²) in [5.74, 6) is 0. The number of aromatic nitrogens is 7. The van der Waals surface area contributed by atoms with Crippen LogP contribution in [0.25, 0.3) is 55.2 Å². The summed E-state index contributed by atoms with van der Waals surface area (Å²) in [5, 5.41) is 17.6. The number of hydrogen-bond donors (Lipinski definition) is 3. The van der Waals surface area contributed by atoms with Gasteiger partial charge in [-0.1, -0.05) is 6.07 Å². The van der Waals surface area contributed by atoms with E-state index in [4.69, 9.17) is 4.98 Å². The standard InChI is InChI=1S/C20H13N7S/c1-2-17(28-7-1)18-12-8-16(24-14(12)5-6-21-18)20-19-15(26-27-20)4-3-13(25-19)11-9-22-23-10-11/h1-10,24H,(H,22,23)(H,26,27). The lowest BCUT2D eigenvalue weighted by Gasteiger charge is -1.98. The van der Waals surface area contributed by atoms with Gasteiger partial charge in [-0.25, -0.2) is 4.98 Å². The molecule has 7 nitrogen and oxygen atoms in total. The summed E-state index contributed by atoms with van der Waals surface area (Å²) in [7, 11) is 0. The number of fused-ring (bicyclic) bond motifs is 2. The number of H-pyrrole nitrogens is 3. The normalized spacial score (nSPS) is 11.6. The van der Waals surface area contributed by atoms with E-state index in [1.807, 2.05) is 36.7 Å². The fraction of sp³-hybridized carbons (Fsp3) is 0. The number of rotatable bonds is 3. The molecule has 28 heavy (non-hydrogen) atoms. The first-order valence-corrected chi connectivity index (χ1v) is 9.61. The fourth-order valence-electron chi connectivity index (χ4n) is 3.43. The molecule has 0 bridgehead atoms. The number of thiophene rings is 1. The third-order valence-corrected chi connectivity index (χ3v) is 5.64. The molecule has 0 unspecified atom stereocenters. The van der Waals surface area contributed by atoms with Gasteiger partial charge in [0.05, 0.1) is 33.7 Å². The first kappa shape index (κ1) is 15.3. The molecule has 3 N–H and O–H groups in total. The summed E-state index contributed by atoms with van der Waals surface area (Å²) in [6.45, 7) is 0. The van der Waals surface area contributed by atoms with Gasteiger partial charge in [-0.05, 0) is 35.7 Å². The van der Waals surface area contributed by atoms with Gasteiger partial charge in [0.25, 0.3) is 0 Å². The van der Waals surface area contributed by atoms with Crippen LogP contribution in [-0.4, -0.2) is 35.3 Å². The second kappa shape index (κ2) is 5.86. The maximum absolute atomic E-state index is 4.81. The zero-order valence-corrected chi connectivity index (χ0v) is 15.3. The fourth-order valence-corrected chi connectivity index (χ4v) is 4.16. The lowest BCUT2D eigenvalue weighted by molar-refractivity contribution is 1.09. The van der Waals surface area contributed by atoms with E-state index in [2.05, 4.69) is 47.9 Å². The monoisotopic (exact) mass is 383 g/mol. The molecule has 6 aromatic rings. The minimum absolute atomic E-state index is 0.786. The molecule has 6 aromatic heterocycles. The van der Waals surface area contributed by atoms with Crippen molar-refractivity contribution in [1.29, 1.82) is 0 Å². The van der Waals surface area contributed by atoms with Gasteiger partial charge in [-0.2, -0.15) is 10.2 Å². The number of hydrogen-bond acceptors (Lipinski definition) is 5. The van der Waals surface area contributed by atoms with Crippen molar-refractivity contribution in [2.75, 3.05) is 0 Å². The summed E-state index contributed by atoms with van der Waals surface area (Å²) in [6, 6.07) is 12.1. The van der Waals surface area contributed by atoms with E-state index in [0.717, 1.165) is 55.2 Å². The molecule has 6 heterocycles. The molecule has 0 radical (unpaired) electrons. The van der Waals surface area contributed by atoms with Crippen molar-refractivity contribution in [2.45, 2.75) is 0 Å². The molecule has 0 fully saturated rings. The third kappa shape index (κ3) is 2.28. The third-order valence-electron chi connectivity index (χ3n) is 4.76. The first-order valence-electron chi connectivity index (χ1n) is 8.73. The smallest absolute Gasteiger partial charge is 0.135 e. The Labute approximate surface area is 162 Å². The zero-order valence-electron chi connectivity index (χ0n) is 14.5. The molecule has 0 saturated carbocycles. The van der Waals surface area contributed by atoms with E-state index >= 15 is 0 Å². The molecule has 0 amide bonds. The molecule has 0 atom stereocenters.